The molecule has 0 bridgehead atoms. The summed E-state index contributed by atoms with van der Waals surface area (Å²) in [5.74, 6) is -0.998. The van der Waals surface area contributed by atoms with Gasteiger partial charge in [0.05, 0.1) is 11.7 Å². The number of fused-ring (bicyclic) bond motifs is 1. The Hall–Kier alpha value is -1.91. The van der Waals surface area contributed by atoms with Crippen LogP contribution in [-0.4, -0.2) is 25.6 Å². The van der Waals surface area contributed by atoms with Crippen molar-refractivity contribution in [1.29, 1.82) is 0 Å². The number of hydrogen-bond donors (Lipinski definition) is 1. The number of aryl methyl sites for hydroxylation is 1. The highest BCUT2D eigenvalue weighted by Crippen LogP contribution is 2.12. The first-order chi connectivity index (χ1) is 6.20. The van der Waals surface area contributed by atoms with E-state index < -0.39 is 5.97 Å². The van der Waals surface area contributed by atoms with Crippen LogP contribution in [0.3, 0.4) is 0 Å². The fourth-order valence-corrected chi connectivity index (χ4v) is 1.24. The third-order valence-electron chi connectivity index (χ3n) is 1.87. The van der Waals surface area contributed by atoms with E-state index in [0.29, 0.717) is 5.52 Å². The van der Waals surface area contributed by atoms with E-state index in [1.807, 2.05) is 0 Å². The second-order valence-corrected chi connectivity index (χ2v) is 2.66. The predicted octanol–water partition coefficient (Wildman–Crippen LogP) is 0.666. The van der Waals surface area contributed by atoms with Gasteiger partial charge in [-0.25, -0.2) is 9.78 Å². The van der Waals surface area contributed by atoms with Crippen LogP contribution < -0.4 is 0 Å². The Morgan fingerprint density at radius 1 is 1.62 bits per heavy atom. The van der Waals surface area contributed by atoms with Crippen molar-refractivity contribution in [3.05, 3.63) is 24.3 Å². The first kappa shape index (κ1) is 7.72. The molecular formula is C8H7N3O2. The molecule has 0 aliphatic rings. The minimum atomic E-state index is -1.03. The summed E-state index contributed by atoms with van der Waals surface area (Å²) >= 11 is 0. The van der Waals surface area contributed by atoms with Crippen LogP contribution in [0.1, 0.15) is 10.6 Å². The summed E-state index contributed by atoms with van der Waals surface area (Å²) in [6.45, 7) is 0. The van der Waals surface area contributed by atoms with Crippen molar-refractivity contribution in [2.75, 3.05) is 0 Å². The van der Waals surface area contributed by atoms with E-state index in [1.54, 1.807) is 25.5 Å². The van der Waals surface area contributed by atoms with Gasteiger partial charge in [0.1, 0.15) is 5.52 Å². The predicted molar refractivity (Wildman–Crippen MR) is 45.5 cm³/mol. The number of aromatic carboxylic acids is 1. The minimum Gasteiger partial charge on any atom is -0.475 e. The number of hydrogen-bond acceptors (Lipinski definition) is 3. The summed E-state index contributed by atoms with van der Waals surface area (Å²) in [6.07, 6.45) is 3.15. The molecule has 0 fully saturated rings. The lowest BCUT2D eigenvalue weighted by Crippen LogP contribution is -2.05. The number of nitrogens with zero attached hydrogens (tertiary/aromatic N) is 3. The molecule has 66 valence electrons. The lowest BCUT2D eigenvalue weighted by molar-refractivity contribution is 0.0680. The Kier molecular flexibility index (Phi) is 1.51. The van der Waals surface area contributed by atoms with Gasteiger partial charge in [-0.1, -0.05) is 0 Å². The zero-order valence-corrected chi connectivity index (χ0v) is 6.93. The van der Waals surface area contributed by atoms with Gasteiger partial charge in [-0.05, 0) is 6.07 Å². The maximum Gasteiger partial charge on any atom is 0.372 e. The average Bonchev–Trinajstić information content (AvgIpc) is 2.45. The Balaban J connectivity index is 2.81. The van der Waals surface area contributed by atoms with E-state index in [-0.39, 0.29) is 5.82 Å². The summed E-state index contributed by atoms with van der Waals surface area (Å²) < 4.78 is 1.53. The maximum atomic E-state index is 10.7. The zero-order chi connectivity index (χ0) is 9.42. The highest BCUT2D eigenvalue weighted by Gasteiger charge is 2.12. The fourth-order valence-electron chi connectivity index (χ4n) is 1.24. The molecule has 5 heteroatoms. The molecule has 2 heterocycles. The van der Waals surface area contributed by atoms with Gasteiger partial charge in [0.15, 0.2) is 0 Å². The van der Waals surface area contributed by atoms with Crippen molar-refractivity contribution in [1.82, 2.24) is 14.5 Å². The molecule has 2 aromatic rings. The van der Waals surface area contributed by atoms with Crippen molar-refractivity contribution in [2.45, 2.75) is 0 Å². The molecule has 2 aromatic heterocycles. The summed E-state index contributed by atoms with van der Waals surface area (Å²) in [6, 6.07) is 1.73. The number of carboxylic acid groups (broad SMARTS) is 1. The van der Waals surface area contributed by atoms with Gasteiger partial charge in [0.2, 0.25) is 5.82 Å². The normalized spacial score (nSPS) is 10.5. The Labute approximate surface area is 73.7 Å². The Bertz CT molecular complexity index is 475. The van der Waals surface area contributed by atoms with Gasteiger partial charge in [-0.3, -0.25) is 4.98 Å². The van der Waals surface area contributed by atoms with E-state index in [9.17, 15) is 4.79 Å². The molecule has 13 heavy (non-hydrogen) atoms. The third kappa shape index (κ3) is 1.05. The standard InChI is InChI=1S/C8H7N3O2/c1-11-6-2-3-9-4-5(6)10-7(11)8(12)13/h2-4H,1H3,(H,12,13). The van der Waals surface area contributed by atoms with Gasteiger partial charge in [0, 0.05) is 13.2 Å². The molecule has 0 aromatic carbocycles. The van der Waals surface area contributed by atoms with Crippen LogP contribution in [-0.2, 0) is 7.05 Å². The molecule has 0 atom stereocenters. The van der Waals surface area contributed by atoms with Gasteiger partial charge < -0.3 is 9.67 Å². The number of aromatic nitrogens is 3. The van der Waals surface area contributed by atoms with E-state index >= 15 is 0 Å². The highest BCUT2D eigenvalue weighted by molar-refractivity contribution is 5.89. The van der Waals surface area contributed by atoms with Crippen LogP contribution in [0, 0.1) is 0 Å². The van der Waals surface area contributed by atoms with Crippen LogP contribution in [0.25, 0.3) is 11.0 Å². The van der Waals surface area contributed by atoms with E-state index in [4.69, 9.17) is 5.11 Å². The number of rotatable bonds is 1. The molecule has 0 aliphatic heterocycles. The number of carbonyl (C=O) groups is 1. The van der Waals surface area contributed by atoms with Crippen molar-refractivity contribution < 1.29 is 9.90 Å². The van der Waals surface area contributed by atoms with Crippen LogP contribution >= 0.6 is 0 Å². The van der Waals surface area contributed by atoms with Crippen LogP contribution in [0.4, 0.5) is 0 Å². The minimum absolute atomic E-state index is 0.0306. The average molecular weight is 177 g/mol. The molecule has 2 rings (SSSR count). The first-order valence-electron chi connectivity index (χ1n) is 3.70. The third-order valence-corrected chi connectivity index (χ3v) is 1.87. The summed E-state index contributed by atoms with van der Waals surface area (Å²) in [5, 5.41) is 8.76. The summed E-state index contributed by atoms with van der Waals surface area (Å²) in [4.78, 5) is 18.5. The molecular weight excluding hydrogens is 170 g/mol. The molecule has 0 radical (unpaired) electrons. The van der Waals surface area contributed by atoms with E-state index in [1.165, 1.54) is 4.57 Å². The SMILES string of the molecule is Cn1c(C(=O)O)nc2cnccc21. The lowest BCUT2D eigenvalue weighted by atomic mass is 10.4. The first-order valence-corrected chi connectivity index (χ1v) is 3.70. The maximum absolute atomic E-state index is 10.7. The van der Waals surface area contributed by atoms with Crippen LogP contribution in [0.5, 0.6) is 0 Å². The highest BCUT2D eigenvalue weighted by atomic mass is 16.4. The second kappa shape index (κ2) is 2.55. The molecule has 5 nitrogen and oxygen atoms in total. The van der Waals surface area contributed by atoms with Gasteiger partial charge in [-0.15, -0.1) is 0 Å². The lowest BCUT2D eigenvalue weighted by Gasteiger charge is -1.94. The molecule has 0 amide bonds. The summed E-state index contributed by atoms with van der Waals surface area (Å²) in [5.41, 5.74) is 1.37. The number of imidazole rings is 1. The van der Waals surface area contributed by atoms with Crippen molar-refractivity contribution in [3.8, 4) is 0 Å². The van der Waals surface area contributed by atoms with Crippen molar-refractivity contribution in [3.63, 3.8) is 0 Å². The molecule has 0 spiro atoms. The molecule has 0 saturated heterocycles. The Morgan fingerprint density at radius 2 is 2.38 bits per heavy atom. The number of carboxylic acids is 1. The van der Waals surface area contributed by atoms with Gasteiger partial charge in [0.25, 0.3) is 0 Å². The largest absolute Gasteiger partial charge is 0.475 e. The fraction of sp³-hybridized carbons (Fsp3) is 0.125. The Morgan fingerprint density at radius 3 is 3.00 bits per heavy atom. The number of pyridine rings is 1. The molecule has 0 saturated carbocycles. The van der Waals surface area contributed by atoms with E-state index in [0.717, 1.165) is 5.52 Å². The molecule has 0 unspecified atom stereocenters. The van der Waals surface area contributed by atoms with Gasteiger partial charge in [-0.2, -0.15) is 0 Å². The molecule has 1 N–H and O–H groups in total. The van der Waals surface area contributed by atoms with Crippen LogP contribution in [0.15, 0.2) is 18.5 Å². The van der Waals surface area contributed by atoms with E-state index in [2.05, 4.69) is 9.97 Å². The van der Waals surface area contributed by atoms with Gasteiger partial charge >= 0.3 is 5.97 Å². The molecule has 0 aliphatic carbocycles. The second-order valence-electron chi connectivity index (χ2n) is 2.66. The zero-order valence-electron chi connectivity index (χ0n) is 6.93. The quantitative estimate of drug-likeness (QED) is 0.695. The topological polar surface area (TPSA) is 68.0 Å². The smallest absolute Gasteiger partial charge is 0.372 e. The van der Waals surface area contributed by atoms with Crippen LogP contribution in [0.2, 0.25) is 0 Å². The summed E-state index contributed by atoms with van der Waals surface area (Å²) in [7, 11) is 1.67. The van der Waals surface area contributed by atoms with Crippen molar-refractivity contribution >= 4 is 17.0 Å². The monoisotopic (exact) mass is 177 g/mol. The van der Waals surface area contributed by atoms with Crippen molar-refractivity contribution in [2.24, 2.45) is 7.05 Å².